The van der Waals surface area contributed by atoms with Gasteiger partial charge in [-0.1, -0.05) is 49.6 Å². The van der Waals surface area contributed by atoms with Gasteiger partial charge in [0.15, 0.2) is 0 Å². The summed E-state index contributed by atoms with van der Waals surface area (Å²) in [5.41, 5.74) is 8.67. The highest BCUT2D eigenvalue weighted by Gasteiger charge is 2.29. The lowest BCUT2D eigenvalue weighted by Gasteiger charge is -2.31. The average Bonchev–Trinajstić information content (AvgIpc) is 2.56. The third-order valence-corrected chi connectivity index (χ3v) is 4.73. The third-order valence-electron chi connectivity index (χ3n) is 4.73. The number of carbonyl (C=O) groups excluding carboxylic acids is 1. The monoisotopic (exact) mass is 336 g/mol. The van der Waals surface area contributed by atoms with Gasteiger partial charge >= 0.3 is 0 Å². The fraction of sp³-hybridized carbons (Fsp3) is 0.526. The number of halogens is 1. The van der Waals surface area contributed by atoms with E-state index in [1.807, 2.05) is 17.0 Å². The van der Waals surface area contributed by atoms with Crippen molar-refractivity contribution in [2.24, 2.45) is 11.7 Å². The molecule has 2 N–H and O–H groups in total. The summed E-state index contributed by atoms with van der Waals surface area (Å²) >= 11 is 0. The van der Waals surface area contributed by atoms with Crippen LogP contribution in [-0.2, 0) is 11.3 Å². The number of amides is 1. The zero-order valence-corrected chi connectivity index (χ0v) is 14.9. The van der Waals surface area contributed by atoms with Crippen LogP contribution in [0, 0.1) is 12.8 Å². The van der Waals surface area contributed by atoms with Crippen molar-refractivity contribution in [3.05, 3.63) is 48.0 Å². The molecule has 23 heavy (non-hydrogen) atoms. The molecule has 0 radical (unpaired) electrons. The largest absolute Gasteiger partial charge is 0.333 e. The fourth-order valence-electron chi connectivity index (χ4n) is 3.29. The van der Waals surface area contributed by atoms with Gasteiger partial charge in [0.1, 0.15) is 0 Å². The molecule has 2 rings (SSSR count). The Morgan fingerprint density at radius 2 is 2.00 bits per heavy atom. The molecular weight excluding hydrogens is 308 g/mol. The Morgan fingerprint density at radius 1 is 1.35 bits per heavy atom. The molecule has 0 spiro atoms. The number of nitrogens with two attached hydrogens (primary N) is 1. The summed E-state index contributed by atoms with van der Waals surface area (Å²) in [7, 11) is 0. The molecule has 0 unspecified atom stereocenters. The van der Waals surface area contributed by atoms with Crippen molar-refractivity contribution in [3.8, 4) is 0 Å². The van der Waals surface area contributed by atoms with Crippen LogP contribution in [0.3, 0.4) is 0 Å². The van der Waals surface area contributed by atoms with E-state index >= 15 is 0 Å². The molecule has 1 aromatic rings. The number of hydrogen-bond acceptors (Lipinski definition) is 2. The summed E-state index contributed by atoms with van der Waals surface area (Å²) in [6, 6.07) is 7.81. The van der Waals surface area contributed by atoms with E-state index in [4.69, 9.17) is 5.73 Å². The minimum absolute atomic E-state index is 0. The van der Waals surface area contributed by atoms with E-state index in [1.165, 1.54) is 30.4 Å². The molecule has 4 heteroatoms. The molecular formula is C19H29ClN2O. The lowest BCUT2D eigenvalue weighted by Crippen LogP contribution is -2.48. The number of aryl methyl sites for hydroxylation is 1. The molecule has 1 saturated carbocycles. The minimum atomic E-state index is -0.371. The Hall–Kier alpha value is -1.32. The molecule has 1 aliphatic carbocycles. The van der Waals surface area contributed by atoms with Crippen LogP contribution in [0.15, 0.2) is 36.9 Å². The first-order valence-electron chi connectivity index (χ1n) is 8.33. The second-order valence-corrected chi connectivity index (χ2v) is 6.36. The van der Waals surface area contributed by atoms with E-state index in [0.29, 0.717) is 19.0 Å². The molecule has 0 aliphatic heterocycles. The highest BCUT2D eigenvalue weighted by Crippen LogP contribution is 2.26. The molecule has 128 valence electrons. The van der Waals surface area contributed by atoms with Crippen molar-refractivity contribution < 1.29 is 4.79 Å². The van der Waals surface area contributed by atoms with Crippen LogP contribution < -0.4 is 5.73 Å². The summed E-state index contributed by atoms with van der Waals surface area (Å²) in [5, 5.41) is 0. The van der Waals surface area contributed by atoms with E-state index in [-0.39, 0.29) is 24.4 Å². The average molecular weight is 337 g/mol. The maximum Gasteiger partial charge on any atom is 0.240 e. The second kappa shape index (κ2) is 9.74. The first-order valence-corrected chi connectivity index (χ1v) is 8.33. The first kappa shape index (κ1) is 19.7. The summed E-state index contributed by atoms with van der Waals surface area (Å²) in [5.74, 6) is 0.403. The van der Waals surface area contributed by atoms with Gasteiger partial charge in [-0.3, -0.25) is 4.79 Å². The zero-order valence-electron chi connectivity index (χ0n) is 14.0. The number of benzene rings is 1. The number of rotatable bonds is 6. The van der Waals surface area contributed by atoms with Crippen LogP contribution in [0.1, 0.15) is 43.2 Å². The van der Waals surface area contributed by atoms with Crippen LogP contribution in [0.5, 0.6) is 0 Å². The van der Waals surface area contributed by atoms with Gasteiger partial charge in [0.25, 0.3) is 0 Å². The molecule has 0 saturated heterocycles. The lowest BCUT2D eigenvalue weighted by atomic mass is 9.83. The summed E-state index contributed by atoms with van der Waals surface area (Å²) in [4.78, 5) is 14.6. The fourth-order valence-corrected chi connectivity index (χ4v) is 3.29. The van der Waals surface area contributed by atoms with Gasteiger partial charge in [-0.15, -0.1) is 19.0 Å². The molecule has 1 amide bonds. The van der Waals surface area contributed by atoms with Gasteiger partial charge in [0, 0.05) is 13.1 Å². The summed E-state index contributed by atoms with van der Waals surface area (Å²) in [6.07, 6.45) is 7.62. The van der Waals surface area contributed by atoms with Gasteiger partial charge in [-0.25, -0.2) is 0 Å². The maximum atomic E-state index is 12.8. The molecule has 0 heterocycles. The number of nitrogens with zero attached hydrogens (tertiary/aromatic N) is 1. The van der Waals surface area contributed by atoms with Crippen molar-refractivity contribution in [3.63, 3.8) is 0 Å². The molecule has 3 nitrogen and oxygen atoms in total. The highest BCUT2D eigenvalue weighted by atomic mass is 35.5. The van der Waals surface area contributed by atoms with Crippen LogP contribution in [0.2, 0.25) is 0 Å². The van der Waals surface area contributed by atoms with E-state index in [1.54, 1.807) is 6.08 Å². The second-order valence-electron chi connectivity index (χ2n) is 6.36. The SMILES string of the molecule is C=CCN(Cc1ccccc1C)C(=O)[C@H](N)C1CCCCC1.Cl. The molecule has 1 aliphatic rings. The van der Waals surface area contributed by atoms with E-state index in [2.05, 4.69) is 25.6 Å². The van der Waals surface area contributed by atoms with Crippen molar-refractivity contribution in [2.75, 3.05) is 6.54 Å². The molecule has 0 bridgehead atoms. The van der Waals surface area contributed by atoms with Crippen LogP contribution in [0.4, 0.5) is 0 Å². The van der Waals surface area contributed by atoms with Crippen LogP contribution >= 0.6 is 12.4 Å². The topological polar surface area (TPSA) is 46.3 Å². The van der Waals surface area contributed by atoms with Gasteiger partial charge in [-0.2, -0.15) is 0 Å². The lowest BCUT2D eigenvalue weighted by molar-refractivity contribution is -0.134. The van der Waals surface area contributed by atoms with Gasteiger partial charge in [-0.05, 0) is 36.8 Å². The number of carbonyl (C=O) groups is 1. The normalized spacial score (nSPS) is 16.3. The van der Waals surface area contributed by atoms with Gasteiger partial charge < -0.3 is 10.6 Å². The predicted octanol–water partition coefficient (Wildman–Crippen LogP) is 3.84. The Balaban J connectivity index is 0.00000264. The molecule has 0 aromatic heterocycles. The smallest absolute Gasteiger partial charge is 0.240 e. The van der Waals surface area contributed by atoms with E-state index < -0.39 is 0 Å². The van der Waals surface area contributed by atoms with Crippen molar-refractivity contribution >= 4 is 18.3 Å². The van der Waals surface area contributed by atoms with Crippen LogP contribution in [0.25, 0.3) is 0 Å². The predicted molar refractivity (Wildman–Crippen MR) is 98.6 cm³/mol. The molecule has 1 fully saturated rings. The zero-order chi connectivity index (χ0) is 15.9. The maximum absolute atomic E-state index is 12.8. The van der Waals surface area contributed by atoms with Crippen LogP contribution in [-0.4, -0.2) is 23.4 Å². The Morgan fingerprint density at radius 3 is 2.61 bits per heavy atom. The standard InChI is InChI=1S/C19H28N2O.ClH/c1-3-13-21(14-17-12-8-7-9-15(17)2)19(22)18(20)16-10-5-4-6-11-16;/h3,7-9,12,16,18H,1,4-6,10-11,13-14,20H2,2H3;1H/t18-;/m1./s1. The van der Waals surface area contributed by atoms with E-state index in [0.717, 1.165) is 12.8 Å². The Kier molecular flexibility index (Phi) is 8.35. The Bertz CT molecular complexity index is 512. The van der Waals surface area contributed by atoms with Crippen molar-refractivity contribution in [2.45, 2.75) is 51.6 Å². The third kappa shape index (κ3) is 5.36. The quantitative estimate of drug-likeness (QED) is 0.802. The minimum Gasteiger partial charge on any atom is -0.333 e. The molecule has 1 atom stereocenters. The first-order chi connectivity index (χ1) is 10.6. The summed E-state index contributed by atoms with van der Waals surface area (Å²) < 4.78 is 0. The highest BCUT2D eigenvalue weighted by molar-refractivity contribution is 5.85. The van der Waals surface area contributed by atoms with E-state index in [9.17, 15) is 4.79 Å². The van der Waals surface area contributed by atoms with Crippen molar-refractivity contribution in [1.82, 2.24) is 4.90 Å². The van der Waals surface area contributed by atoms with Crippen molar-refractivity contribution in [1.29, 1.82) is 0 Å². The summed E-state index contributed by atoms with van der Waals surface area (Å²) in [6.45, 7) is 7.02. The number of hydrogen-bond donors (Lipinski definition) is 1. The van der Waals surface area contributed by atoms with Gasteiger partial charge in [0.05, 0.1) is 6.04 Å². The molecule has 1 aromatic carbocycles. The van der Waals surface area contributed by atoms with Gasteiger partial charge in [0.2, 0.25) is 5.91 Å². The Labute approximate surface area is 146 Å².